The topological polar surface area (TPSA) is 83.3 Å². The zero-order valence-electron chi connectivity index (χ0n) is 20.1. The van der Waals surface area contributed by atoms with E-state index < -0.39 is 22.4 Å². The van der Waals surface area contributed by atoms with Crippen molar-refractivity contribution in [3.05, 3.63) is 133 Å². The molecule has 0 fully saturated rings. The van der Waals surface area contributed by atoms with Gasteiger partial charge >= 0.3 is 0 Å². The molecule has 7 nitrogen and oxygen atoms in total. The number of nitrogens with zero attached hydrogens (tertiary/aromatic N) is 3. The van der Waals surface area contributed by atoms with Crippen LogP contribution in [0.15, 0.2) is 127 Å². The Bertz CT molecular complexity index is 1520. The summed E-state index contributed by atoms with van der Waals surface area (Å²) in [6.07, 6.45) is 0.822. The summed E-state index contributed by atoms with van der Waals surface area (Å²) in [5, 5.41) is 4.24. The van der Waals surface area contributed by atoms with Crippen molar-refractivity contribution in [1.82, 2.24) is 14.8 Å². The molecule has 5 rings (SSSR count). The van der Waals surface area contributed by atoms with Crippen LogP contribution in [0, 0.1) is 6.92 Å². The lowest BCUT2D eigenvalue weighted by molar-refractivity contribution is -0.000791. The molecule has 186 valence electrons. The van der Waals surface area contributed by atoms with Crippen LogP contribution in [0.3, 0.4) is 0 Å². The van der Waals surface area contributed by atoms with Gasteiger partial charge in [-0.05, 0) is 47.9 Å². The third-order valence-corrected chi connectivity index (χ3v) is 7.15. The molecule has 1 heterocycles. The van der Waals surface area contributed by atoms with E-state index in [1.165, 1.54) is 29.5 Å². The molecule has 0 spiro atoms. The van der Waals surface area contributed by atoms with Gasteiger partial charge in [0, 0.05) is 0 Å². The molecule has 0 radical (unpaired) electrons. The molecule has 0 N–H and O–H groups in total. The molecule has 2 atom stereocenters. The van der Waals surface area contributed by atoms with Crippen LogP contribution in [0.5, 0.6) is 5.75 Å². The first-order valence-corrected chi connectivity index (χ1v) is 13.1. The summed E-state index contributed by atoms with van der Waals surface area (Å²) in [6.45, 7) is 1.89. The van der Waals surface area contributed by atoms with E-state index in [4.69, 9.17) is 8.92 Å². The van der Waals surface area contributed by atoms with E-state index >= 15 is 0 Å². The highest BCUT2D eigenvalue weighted by Crippen LogP contribution is 2.35. The van der Waals surface area contributed by atoms with Gasteiger partial charge < -0.3 is 4.74 Å². The van der Waals surface area contributed by atoms with Gasteiger partial charge in [0.25, 0.3) is 10.1 Å². The van der Waals surface area contributed by atoms with Gasteiger partial charge in [-0.2, -0.15) is 13.5 Å². The van der Waals surface area contributed by atoms with E-state index in [0.29, 0.717) is 11.3 Å². The van der Waals surface area contributed by atoms with E-state index in [2.05, 4.69) is 10.1 Å². The van der Waals surface area contributed by atoms with Gasteiger partial charge in [-0.3, -0.25) is 4.18 Å². The standard InChI is InChI=1S/C29H25N3O4S/c1-22-12-18-27(19-13-22)37(33,34)36-28(25-10-6-3-7-11-25)29(32-21-30-20-31-32)35-26-16-14-24(15-17-26)23-8-4-2-5-9-23/h2-21,28-29H,1H3. The summed E-state index contributed by atoms with van der Waals surface area (Å²) < 4.78 is 40.3. The number of aryl methyl sites for hydroxylation is 1. The lowest BCUT2D eigenvalue weighted by Gasteiger charge is -2.28. The molecule has 0 aliphatic rings. The molecule has 0 saturated heterocycles. The Morgan fingerprint density at radius 2 is 1.38 bits per heavy atom. The van der Waals surface area contributed by atoms with Crippen LogP contribution in [0.4, 0.5) is 0 Å². The lowest BCUT2D eigenvalue weighted by Crippen LogP contribution is -2.28. The fraction of sp³-hybridized carbons (Fsp3) is 0.103. The molecular formula is C29H25N3O4S. The predicted molar refractivity (Wildman–Crippen MR) is 140 cm³/mol. The molecule has 1 aromatic heterocycles. The van der Waals surface area contributed by atoms with Crippen molar-refractivity contribution in [1.29, 1.82) is 0 Å². The highest BCUT2D eigenvalue weighted by molar-refractivity contribution is 7.86. The predicted octanol–water partition coefficient (Wildman–Crippen LogP) is 5.98. The van der Waals surface area contributed by atoms with Gasteiger partial charge in [-0.1, -0.05) is 90.5 Å². The first-order chi connectivity index (χ1) is 18.0. The number of ether oxygens (including phenoxy) is 1. The monoisotopic (exact) mass is 511 g/mol. The Morgan fingerprint density at radius 3 is 2.00 bits per heavy atom. The SMILES string of the molecule is Cc1ccc(S(=O)(=O)OC(c2ccccc2)C(Oc2ccc(-c3ccccc3)cc2)n2cncn2)cc1. The Hall–Kier alpha value is -4.27. The van der Waals surface area contributed by atoms with Gasteiger partial charge in [0.05, 0.1) is 4.90 Å². The number of hydrogen-bond acceptors (Lipinski definition) is 6. The highest BCUT2D eigenvalue weighted by atomic mass is 32.2. The smallest absolute Gasteiger partial charge is 0.297 e. The third kappa shape index (κ3) is 5.77. The van der Waals surface area contributed by atoms with Crippen molar-refractivity contribution in [2.45, 2.75) is 24.2 Å². The molecule has 0 saturated carbocycles. The Morgan fingerprint density at radius 1 is 0.757 bits per heavy atom. The molecule has 0 aliphatic carbocycles. The highest BCUT2D eigenvalue weighted by Gasteiger charge is 2.34. The largest absolute Gasteiger partial charge is 0.465 e. The number of benzene rings is 4. The number of aromatic nitrogens is 3. The molecule has 8 heteroatoms. The molecule has 0 amide bonds. The van der Waals surface area contributed by atoms with Crippen LogP contribution < -0.4 is 4.74 Å². The average molecular weight is 512 g/mol. The first kappa shape index (κ1) is 24.4. The second-order valence-corrected chi connectivity index (χ2v) is 10.0. The summed E-state index contributed by atoms with van der Waals surface area (Å²) in [6, 6.07) is 33.2. The van der Waals surface area contributed by atoms with Crippen LogP contribution in [0.2, 0.25) is 0 Å². The van der Waals surface area contributed by atoms with Crippen LogP contribution >= 0.6 is 0 Å². The minimum Gasteiger partial charge on any atom is -0.465 e. The molecule has 4 aromatic carbocycles. The molecule has 37 heavy (non-hydrogen) atoms. The lowest BCUT2D eigenvalue weighted by atomic mass is 10.1. The fourth-order valence-corrected chi connectivity index (χ4v) is 4.97. The Kier molecular flexibility index (Phi) is 7.11. The maximum Gasteiger partial charge on any atom is 0.297 e. The van der Waals surface area contributed by atoms with Crippen LogP contribution in [0.1, 0.15) is 23.5 Å². The van der Waals surface area contributed by atoms with Gasteiger partial charge in [-0.15, -0.1) is 0 Å². The van der Waals surface area contributed by atoms with E-state index in [-0.39, 0.29) is 4.90 Å². The summed E-state index contributed by atoms with van der Waals surface area (Å²) in [5.74, 6) is 0.525. The van der Waals surface area contributed by atoms with E-state index in [1.54, 1.807) is 24.3 Å². The van der Waals surface area contributed by atoms with Crippen molar-refractivity contribution in [3.63, 3.8) is 0 Å². The summed E-state index contributed by atoms with van der Waals surface area (Å²) >= 11 is 0. The zero-order valence-corrected chi connectivity index (χ0v) is 20.9. The summed E-state index contributed by atoms with van der Waals surface area (Å²) in [4.78, 5) is 4.10. The van der Waals surface area contributed by atoms with Crippen molar-refractivity contribution < 1.29 is 17.3 Å². The van der Waals surface area contributed by atoms with Gasteiger partial charge in [0.1, 0.15) is 18.4 Å². The minimum absolute atomic E-state index is 0.0589. The Labute approximate surface area is 216 Å². The number of hydrogen-bond donors (Lipinski definition) is 0. The van der Waals surface area contributed by atoms with E-state index in [0.717, 1.165) is 16.7 Å². The number of rotatable bonds is 9. The normalized spacial score (nSPS) is 13.1. The first-order valence-electron chi connectivity index (χ1n) is 11.7. The summed E-state index contributed by atoms with van der Waals surface area (Å²) in [5.41, 5.74) is 3.67. The second-order valence-electron chi connectivity index (χ2n) is 8.47. The summed E-state index contributed by atoms with van der Waals surface area (Å²) in [7, 11) is -4.14. The van der Waals surface area contributed by atoms with E-state index in [9.17, 15) is 8.42 Å². The molecule has 2 unspecified atom stereocenters. The average Bonchev–Trinajstić information content (AvgIpc) is 3.47. The van der Waals surface area contributed by atoms with Gasteiger partial charge in [0.15, 0.2) is 6.10 Å². The molecule has 0 bridgehead atoms. The van der Waals surface area contributed by atoms with Crippen LogP contribution in [0.25, 0.3) is 11.1 Å². The van der Waals surface area contributed by atoms with Crippen molar-refractivity contribution in [3.8, 4) is 16.9 Å². The molecule has 5 aromatic rings. The maximum atomic E-state index is 13.3. The molecular weight excluding hydrogens is 486 g/mol. The second kappa shape index (κ2) is 10.8. The van der Waals surface area contributed by atoms with Crippen molar-refractivity contribution >= 4 is 10.1 Å². The zero-order chi connectivity index (χ0) is 25.7. The molecule has 0 aliphatic heterocycles. The maximum absolute atomic E-state index is 13.3. The van der Waals surface area contributed by atoms with Crippen LogP contribution in [-0.2, 0) is 14.3 Å². The van der Waals surface area contributed by atoms with Crippen molar-refractivity contribution in [2.75, 3.05) is 0 Å². The van der Waals surface area contributed by atoms with Crippen molar-refractivity contribution in [2.24, 2.45) is 0 Å². The van der Waals surface area contributed by atoms with Crippen LogP contribution in [-0.4, -0.2) is 23.2 Å². The minimum atomic E-state index is -4.14. The quantitative estimate of drug-likeness (QED) is 0.227. The van der Waals surface area contributed by atoms with Gasteiger partial charge in [0.2, 0.25) is 6.23 Å². The van der Waals surface area contributed by atoms with E-state index in [1.807, 2.05) is 79.7 Å². The fourth-order valence-electron chi connectivity index (χ4n) is 3.91. The Balaban J connectivity index is 1.51. The van der Waals surface area contributed by atoms with Gasteiger partial charge in [-0.25, -0.2) is 9.67 Å². The third-order valence-electron chi connectivity index (χ3n) is 5.84.